The van der Waals surface area contributed by atoms with Gasteiger partial charge in [0.15, 0.2) is 28.8 Å². The number of thiazole rings is 1. The topological polar surface area (TPSA) is 138 Å². The molecule has 0 spiro atoms. The summed E-state index contributed by atoms with van der Waals surface area (Å²) in [5, 5.41) is 8.60. The highest BCUT2D eigenvalue weighted by molar-refractivity contribution is 7.17. The van der Waals surface area contributed by atoms with Gasteiger partial charge in [-0.05, 0) is 18.2 Å². The molecule has 0 bridgehead atoms. The predicted molar refractivity (Wildman–Crippen MR) is 155 cm³/mol. The summed E-state index contributed by atoms with van der Waals surface area (Å²) < 4.78 is 45.6. The molecule has 1 fully saturated rings. The number of aromatic nitrogens is 7. The zero-order valence-electron chi connectivity index (χ0n) is 23.0. The summed E-state index contributed by atoms with van der Waals surface area (Å²) in [4.78, 5) is 25.5. The van der Waals surface area contributed by atoms with Gasteiger partial charge in [-0.1, -0.05) is 11.3 Å². The second-order valence-corrected chi connectivity index (χ2v) is 11.1. The van der Waals surface area contributed by atoms with Gasteiger partial charge < -0.3 is 19.8 Å². The molecule has 2 N–H and O–H groups in total. The van der Waals surface area contributed by atoms with Crippen molar-refractivity contribution in [3.8, 4) is 17.2 Å². The van der Waals surface area contributed by atoms with E-state index in [0.29, 0.717) is 72.4 Å². The molecular formula is C27H26F2N10O3S. The van der Waals surface area contributed by atoms with Gasteiger partial charge in [0.2, 0.25) is 5.95 Å². The second-order valence-electron chi connectivity index (χ2n) is 10.1. The lowest BCUT2D eigenvalue weighted by Gasteiger charge is -2.36. The average molecular weight is 609 g/mol. The molecule has 5 aromatic heterocycles. The van der Waals surface area contributed by atoms with Crippen LogP contribution in [-0.4, -0.2) is 71.6 Å². The fourth-order valence-corrected chi connectivity index (χ4v) is 6.17. The quantitative estimate of drug-likeness (QED) is 0.275. The van der Waals surface area contributed by atoms with Crippen molar-refractivity contribution in [3.05, 3.63) is 70.0 Å². The number of hydrogen-bond acceptors (Lipinski definition) is 11. The van der Waals surface area contributed by atoms with Gasteiger partial charge in [0.25, 0.3) is 0 Å². The Morgan fingerprint density at radius 2 is 1.93 bits per heavy atom. The number of aryl methyl sites for hydroxylation is 1. The van der Waals surface area contributed by atoms with E-state index in [-0.39, 0.29) is 28.9 Å². The molecule has 0 radical (unpaired) electrons. The standard InChI is InChI=1S/C27H26F2N10O3S/c1-35-15-31-23(34-35)14-42-22-13-19(16(28)11-17(22)29)37-7-4-36(5-8-37)6-9-38-25-24(43-27(38)40)20-12-18(21-3-2-10-41-21)33-39(20)26(30)32-25/h2-3,10-13,15H,4-9,14H2,1H3,(H2,30,32). The van der Waals surface area contributed by atoms with Crippen LogP contribution in [0.15, 0.2) is 52.1 Å². The van der Waals surface area contributed by atoms with Gasteiger partial charge >= 0.3 is 4.87 Å². The summed E-state index contributed by atoms with van der Waals surface area (Å²) in [5.41, 5.74) is 8.27. The van der Waals surface area contributed by atoms with Crippen LogP contribution in [-0.2, 0) is 20.2 Å². The average Bonchev–Trinajstić information content (AvgIpc) is 3.79. The smallest absolute Gasteiger partial charge is 0.309 e. The number of ether oxygens (including phenoxy) is 1. The van der Waals surface area contributed by atoms with Crippen LogP contribution in [0, 0.1) is 11.6 Å². The first-order valence-corrected chi connectivity index (χ1v) is 14.3. The molecule has 1 saturated heterocycles. The van der Waals surface area contributed by atoms with E-state index in [1.807, 2.05) is 11.0 Å². The largest absolute Gasteiger partial charge is 0.482 e. The Balaban J connectivity index is 1.03. The van der Waals surface area contributed by atoms with Crippen LogP contribution in [0.4, 0.5) is 20.4 Å². The van der Waals surface area contributed by atoms with Crippen LogP contribution in [0.3, 0.4) is 0 Å². The Hall–Kier alpha value is -4.83. The van der Waals surface area contributed by atoms with E-state index in [2.05, 4.69) is 25.1 Å². The predicted octanol–water partition coefficient (Wildman–Crippen LogP) is 2.76. The van der Waals surface area contributed by atoms with Crippen molar-refractivity contribution in [1.29, 1.82) is 0 Å². The lowest BCUT2D eigenvalue weighted by Crippen LogP contribution is -2.47. The third-order valence-electron chi connectivity index (χ3n) is 7.38. The number of fused-ring (bicyclic) bond motifs is 3. The van der Waals surface area contributed by atoms with E-state index in [4.69, 9.17) is 14.9 Å². The summed E-state index contributed by atoms with van der Waals surface area (Å²) >= 11 is 1.10. The second kappa shape index (κ2) is 10.8. The van der Waals surface area contributed by atoms with Gasteiger partial charge in [0.05, 0.1) is 17.5 Å². The summed E-state index contributed by atoms with van der Waals surface area (Å²) in [5.74, 6) is -0.357. The van der Waals surface area contributed by atoms with E-state index in [0.717, 1.165) is 17.4 Å². The van der Waals surface area contributed by atoms with Gasteiger partial charge in [-0.15, -0.1) is 0 Å². The maximum Gasteiger partial charge on any atom is 0.309 e. The number of halogens is 2. The number of nitrogens with zero attached hydrogens (tertiary/aromatic N) is 9. The van der Waals surface area contributed by atoms with E-state index in [1.165, 1.54) is 21.6 Å². The summed E-state index contributed by atoms with van der Waals surface area (Å²) in [6.07, 6.45) is 3.08. The molecule has 1 aromatic carbocycles. The number of piperazine rings is 1. The van der Waals surface area contributed by atoms with E-state index in [1.54, 1.807) is 30.0 Å². The maximum atomic E-state index is 14.8. The Kier molecular flexibility index (Phi) is 6.78. The number of anilines is 2. The normalized spacial score (nSPS) is 14.3. The minimum absolute atomic E-state index is 0.0363. The molecule has 7 rings (SSSR count). The number of nitrogens with two attached hydrogens (primary N) is 1. The number of rotatable bonds is 8. The van der Waals surface area contributed by atoms with Gasteiger partial charge in [0, 0.05) is 58.4 Å². The Morgan fingerprint density at radius 1 is 1.09 bits per heavy atom. The monoisotopic (exact) mass is 608 g/mol. The van der Waals surface area contributed by atoms with Crippen molar-refractivity contribution >= 4 is 38.8 Å². The van der Waals surface area contributed by atoms with Crippen molar-refractivity contribution in [1.82, 2.24) is 38.8 Å². The zero-order chi connectivity index (χ0) is 29.7. The highest BCUT2D eigenvalue weighted by atomic mass is 32.1. The molecule has 0 amide bonds. The Bertz CT molecular complexity index is 1990. The maximum absolute atomic E-state index is 14.8. The Morgan fingerprint density at radius 3 is 2.67 bits per heavy atom. The molecule has 16 heteroatoms. The first-order chi connectivity index (χ1) is 20.8. The van der Waals surface area contributed by atoms with Crippen LogP contribution in [0.2, 0.25) is 0 Å². The summed E-state index contributed by atoms with van der Waals surface area (Å²) in [6, 6.07) is 7.62. The fourth-order valence-electron chi connectivity index (χ4n) is 5.21. The van der Waals surface area contributed by atoms with Crippen molar-refractivity contribution < 1.29 is 17.9 Å². The van der Waals surface area contributed by atoms with Gasteiger partial charge in [-0.3, -0.25) is 18.9 Å². The zero-order valence-corrected chi connectivity index (χ0v) is 23.8. The number of nitrogen functional groups attached to an aromatic ring is 1. The molecule has 13 nitrogen and oxygen atoms in total. The lowest BCUT2D eigenvalue weighted by molar-refractivity contribution is 0.247. The van der Waals surface area contributed by atoms with Crippen molar-refractivity contribution in [3.63, 3.8) is 0 Å². The molecule has 6 heterocycles. The molecule has 0 unspecified atom stereocenters. The minimum atomic E-state index is -0.788. The number of hydrogen-bond donors (Lipinski definition) is 1. The van der Waals surface area contributed by atoms with E-state index >= 15 is 0 Å². The molecule has 1 aliphatic rings. The highest BCUT2D eigenvalue weighted by Gasteiger charge is 2.23. The van der Waals surface area contributed by atoms with Crippen LogP contribution in [0.1, 0.15) is 5.82 Å². The number of furan rings is 1. The summed E-state index contributed by atoms with van der Waals surface area (Å²) in [6.45, 7) is 3.23. The van der Waals surface area contributed by atoms with Crippen LogP contribution >= 0.6 is 11.3 Å². The van der Waals surface area contributed by atoms with E-state index < -0.39 is 11.6 Å². The van der Waals surface area contributed by atoms with Crippen LogP contribution < -0.4 is 20.2 Å². The van der Waals surface area contributed by atoms with Crippen molar-refractivity contribution in [2.24, 2.45) is 7.05 Å². The van der Waals surface area contributed by atoms with Crippen LogP contribution in [0.25, 0.3) is 27.3 Å². The van der Waals surface area contributed by atoms with Crippen molar-refractivity contribution in [2.45, 2.75) is 13.2 Å². The third-order valence-corrected chi connectivity index (χ3v) is 8.37. The fraction of sp³-hybridized carbons (Fsp3) is 0.296. The first kappa shape index (κ1) is 27.0. The molecule has 43 heavy (non-hydrogen) atoms. The molecule has 0 atom stereocenters. The van der Waals surface area contributed by atoms with Gasteiger partial charge in [-0.2, -0.15) is 19.7 Å². The van der Waals surface area contributed by atoms with Gasteiger partial charge in [0.1, 0.15) is 29.1 Å². The molecule has 6 aromatic rings. The van der Waals surface area contributed by atoms with E-state index in [9.17, 15) is 13.6 Å². The van der Waals surface area contributed by atoms with Crippen molar-refractivity contribution in [2.75, 3.05) is 43.4 Å². The first-order valence-electron chi connectivity index (χ1n) is 13.5. The summed E-state index contributed by atoms with van der Waals surface area (Å²) in [7, 11) is 1.72. The molecule has 1 aliphatic heterocycles. The molecular weight excluding hydrogens is 582 g/mol. The van der Waals surface area contributed by atoms with Crippen LogP contribution in [0.5, 0.6) is 5.75 Å². The lowest BCUT2D eigenvalue weighted by atomic mass is 10.2. The molecule has 222 valence electrons. The highest BCUT2D eigenvalue weighted by Crippen LogP contribution is 2.30. The minimum Gasteiger partial charge on any atom is -0.482 e. The SMILES string of the molecule is Cn1cnc(COc2cc(N3CCN(CCn4c(=O)sc5c4nc(N)n4nc(-c6ccco6)cc54)CC3)c(F)cc2F)n1. The third kappa shape index (κ3) is 5.08. The number of benzene rings is 1. The molecule has 0 aliphatic carbocycles. The van der Waals surface area contributed by atoms with Gasteiger partial charge in [-0.25, -0.2) is 13.8 Å². The Labute approximate surface area is 246 Å². The molecule has 0 saturated carbocycles.